The monoisotopic (exact) mass is 463 g/mol. The Morgan fingerprint density at radius 2 is 1.76 bits per heavy atom. The van der Waals surface area contributed by atoms with Crippen molar-refractivity contribution in [3.8, 4) is 5.69 Å². The van der Waals surface area contributed by atoms with Crippen molar-refractivity contribution in [1.82, 2.24) is 19.6 Å². The highest BCUT2D eigenvalue weighted by molar-refractivity contribution is 5.94. The van der Waals surface area contributed by atoms with Gasteiger partial charge in [0.15, 0.2) is 0 Å². The van der Waals surface area contributed by atoms with E-state index in [1.807, 2.05) is 66.8 Å². The van der Waals surface area contributed by atoms with Gasteiger partial charge >= 0.3 is 0 Å². The van der Waals surface area contributed by atoms with Crippen LogP contribution in [0.2, 0.25) is 0 Å². The quantitative estimate of drug-likeness (QED) is 0.517. The van der Waals surface area contributed by atoms with Crippen LogP contribution in [0, 0.1) is 12.7 Å². The van der Waals surface area contributed by atoms with Crippen LogP contribution < -0.4 is 4.90 Å². The highest BCUT2D eigenvalue weighted by Gasteiger charge is 2.28. The molecule has 0 spiro atoms. The first kappa shape index (κ1) is 24.0. The highest BCUT2D eigenvalue weighted by Crippen LogP contribution is 2.31. The van der Waals surface area contributed by atoms with Crippen LogP contribution in [0.3, 0.4) is 0 Å². The summed E-state index contributed by atoms with van der Waals surface area (Å²) in [6, 6.07) is 15.9. The SMILES string of the molecule is CCN1CCN(c2c(CN(C(=O)c3ccccc3)C(C)C)c(C)nn2-c2cccc(F)c2)CC1. The number of benzene rings is 2. The van der Waals surface area contributed by atoms with Crippen LogP contribution in [0.1, 0.15) is 42.4 Å². The van der Waals surface area contributed by atoms with E-state index in [9.17, 15) is 9.18 Å². The molecule has 0 N–H and O–H groups in total. The Labute approximate surface area is 201 Å². The summed E-state index contributed by atoms with van der Waals surface area (Å²) >= 11 is 0. The van der Waals surface area contributed by atoms with E-state index in [2.05, 4.69) is 16.7 Å². The Hall–Kier alpha value is -3.19. The molecule has 3 aromatic rings. The average Bonchev–Trinajstić information content (AvgIpc) is 3.18. The number of halogens is 1. The van der Waals surface area contributed by atoms with Crippen molar-refractivity contribution in [3.05, 3.63) is 77.2 Å². The zero-order valence-electron chi connectivity index (χ0n) is 20.5. The Kier molecular flexibility index (Phi) is 7.32. The summed E-state index contributed by atoms with van der Waals surface area (Å²) in [6.45, 7) is 13.3. The van der Waals surface area contributed by atoms with Crippen LogP contribution in [-0.2, 0) is 6.54 Å². The molecule has 1 amide bonds. The first-order valence-electron chi connectivity index (χ1n) is 12.1. The van der Waals surface area contributed by atoms with E-state index < -0.39 is 0 Å². The molecule has 180 valence electrons. The molecule has 0 saturated carbocycles. The van der Waals surface area contributed by atoms with Crippen molar-refractivity contribution >= 4 is 11.7 Å². The van der Waals surface area contributed by atoms with E-state index in [1.54, 1.807) is 6.07 Å². The zero-order chi connectivity index (χ0) is 24.2. The predicted molar refractivity (Wildman–Crippen MR) is 134 cm³/mol. The molecule has 7 heteroatoms. The molecule has 1 aliphatic heterocycles. The maximum atomic E-state index is 14.1. The summed E-state index contributed by atoms with van der Waals surface area (Å²) in [6.07, 6.45) is 0. The number of carbonyl (C=O) groups excluding carboxylic acids is 1. The number of nitrogens with zero attached hydrogens (tertiary/aromatic N) is 5. The van der Waals surface area contributed by atoms with Crippen LogP contribution >= 0.6 is 0 Å². The third-order valence-corrected chi connectivity index (χ3v) is 6.56. The molecule has 0 unspecified atom stereocenters. The summed E-state index contributed by atoms with van der Waals surface area (Å²) in [5, 5.41) is 4.84. The van der Waals surface area contributed by atoms with Gasteiger partial charge in [0.2, 0.25) is 0 Å². The number of anilines is 1. The summed E-state index contributed by atoms with van der Waals surface area (Å²) < 4.78 is 16.0. The van der Waals surface area contributed by atoms with E-state index in [4.69, 9.17) is 5.10 Å². The third kappa shape index (κ3) is 4.99. The molecular weight excluding hydrogens is 429 g/mol. The Bertz CT molecular complexity index is 1120. The second-order valence-corrected chi connectivity index (χ2v) is 9.09. The van der Waals surface area contributed by atoms with Crippen molar-refractivity contribution in [3.63, 3.8) is 0 Å². The number of amides is 1. The Morgan fingerprint density at radius 3 is 2.38 bits per heavy atom. The van der Waals surface area contributed by atoms with E-state index >= 15 is 0 Å². The molecule has 1 saturated heterocycles. The number of aryl methyl sites for hydroxylation is 1. The molecule has 0 atom stereocenters. The second kappa shape index (κ2) is 10.4. The van der Waals surface area contributed by atoms with Gasteiger partial charge in [0.1, 0.15) is 11.6 Å². The molecule has 6 nitrogen and oxygen atoms in total. The van der Waals surface area contributed by atoms with E-state index in [0.717, 1.165) is 49.8 Å². The fraction of sp³-hybridized carbons (Fsp3) is 0.407. The summed E-state index contributed by atoms with van der Waals surface area (Å²) in [5.41, 5.74) is 3.22. The summed E-state index contributed by atoms with van der Waals surface area (Å²) in [7, 11) is 0. The lowest BCUT2D eigenvalue weighted by molar-refractivity contribution is 0.0690. The lowest BCUT2D eigenvalue weighted by atomic mass is 10.1. The highest BCUT2D eigenvalue weighted by atomic mass is 19.1. The topological polar surface area (TPSA) is 44.6 Å². The number of hydrogen-bond acceptors (Lipinski definition) is 4. The minimum absolute atomic E-state index is 0.00439. The molecule has 4 rings (SSSR count). The molecule has 2 heterocycles. The van der Waals surface area contributed by atoms with E-state index in [-0.39, 0.29) is 17.8 Å². The van der Waals surface area contributed by atoms with Crippen LogP contribution in [-0.4, -0.2) is 64.3 Å². The average molecular weight is 464 g/mol. The standard InChI is InChI=1S/C27H34FN5O/c1-5-30-14-16-31(17-15-30)26-25(21(4)29-33(26)24-13-9-12-23(28)18-24)19-32(20(2)3)27(34)22-10-7-6-8-11-22/h6-13,18,20H,5,14-17,19H2,1-4H3. The van der Waals surface area contributed by atoms with Crippen molar-refractivity contribution in [1.29, 1.82) is 0 Å². The van der Waals surface area contributed by atoms with E-state index in [1.165, 1.54) is 12.1 Å². The minimum atomic E-state index is -0.294. The smallest absolute Gasteiger partial charge is 0.254 e. The molecule has 34 heavy (non-hydrogen) atoms. The van der Waals surface area contributed by atoms with Crippen molar-refractivity contribution in [2.24, 2.45) is 0 Å². The molecule has 1 aliphatic rings. The number of likely N-dealkylation sites (N-methyl/N-ethyl adjacent to an activating group) is 1. The third-order valence-electron chi connectivity index (χ3n) is 6.56. The Morgan fingerprint density at radius 1 is 1.06 bits per heavy atom. The molecular formula is C27H34FN5O. The lowest BCUT2D eigenvalue weighted by Crippen LogP contribution is -2.47. The van der Waals surface area contributed by atoms with Crippen molar-refractivity contribution < 1.29 is 9.18 Å². The van der Waals surface area contributed by atoms with Gasteiger partial charge in [-0.25, -0.2) is 9.07 Å². The summed E-state index contributed by atoms with van der Waals surface area (Å²) in [5.74, 6) is 0.651. The van der Waals surface area contributed by atoms with Crippen molar-refractivity contribution in [2.75, 3.05) is 37.6 Å². The molecule has 0 bridgehead atoms. The number of aromatic nitrogens is 2. The number of rotatable bonds is 7. The second-order valence-electron chi connectivity index (χ2n) is 9.09. The fourth-order valence-corrected chi connectivity index (χ4v) is 4.53. The minimum Gasteiger partial charge on any atom is -0.354 e. The molecule has 0 radical (unpaired) electrons. The number of carbonyl (C=O) groups is 1. The van der Waals surface area contributed by atoms with Gasteiger partial charge in [-0.05, 0) is 57.6 Å². The maximum Gasteiger partial charge on any atom is 0.254 e. The van der Waals surface area contributed by atoms with E-state index in [0.29, 0.717) is 17.8 Å². The Balaban J connectivity index is 1.76. The van der Waals surface area contributed by atoms with Crippen LogP contribution in [0.15, 0.2) is 54.6 Å². The van der Waals surface area contributed by atoms with Crippen LogP contribution in [0.5, 0.6) is 0 Å². The summed E-state index contributed by atoms with van der Waals surface area (Å²) in [4.78, 5) is 20.1. The van der Waals surface area contributed by atoms with Crippen LogP contribution in [0.4, 0.5) is 10.2 Å². The van der Waals surface area contributed by atoms with Gasteiger partial charge < -0.3 is 14.7 Å². The first-order valence-corrected chi connectivity index (χ1v) is 12.1. The van der Waals surface area contributed by atoms with Gasteiger partial charge in [-0.3, -0.25) is 4.79 Å². The fourth-order valence-electron chi connectivity index (χ4n) is 4.53. The molecule has 0 aliphatic carbocycles. The van der Waals surface area contributed by atoms with Gasteiger partial charge in [0.05, 0.1) is 17.9 Å². The predicted octanol–water partition coefficient (Wildman–Crippen LogP) is 4.51. The first-order chi connectivity index (χ1) is 16.4. The van der Waals surface area contributed by atoms with Gasteiger partial charge in [-0.15, -0.1) is 0 Å². The maximum absolute atomic E-state index is 14.1. The van der Waals surface area contributed by atoms with Gasteiger partial charge in [0.25, 0.3) is 5.91 Å². The van der Waals surface area contributed by atoms with Gasteiger partial charge in [0, 0.05) is 43.3 Å². The van der Waals surface area contributed by atoms with Crippen LogP contribution in [0.25, 0.3) is 5.69 Å². The number of hydrogen-bond donors (Lipinski definition) is 0. The number of piperazine rings is 1. The lowest BCUT2D eigenvalue weighted by Gasteiger charge is -2.36. The van der Waals surface area contributed by atoms with Gasteiger partial charge in [-0.2, -0.15) is 5.10 Å². The normalized spacial score (nSPS) is 14.6. The molecule has 1 fully saturated rings. The zero-order valence-corrected chi connectivity index (χ0v) is 20.5. The largest absolute Gasteiger partial charge is 0.354 e. The van der Waals surface area contributed by atoms with Crippen molar-refractivity contribution in [2.45, 2.75) is 40.3 Å². The van der Waals surface area contributed by atoms with Gasteiger partial charge in [-0.1, -0.05) is 31.2 Å². The molecule has 2 aromatic carbocycles. The molecule has 1 aromatic heterocycles.